The first-order valence-corrected chi connectivity index (χ1v) is 5.31. The third-order valence-corrected chi connectivity index (χ3v) is 3.28. The van der Waals surface area contributed by atoms with Crippen molar-refractivity contribution < 1.29 is 14.6 Å². The average molecular weight is 234 g/mol. The van der Waals surface area contributed by atoms with Crippen LogP contribution in [0.25, 0.3) is 10.8 Å². The van der Waals surface area contributed by atoms with Gasteiger partial charge >= 0.3 is 5.63 Å². The van der Waals surface area contributed by atoms with Crippen LogP contribution in [0.15, 0.2) is 9.21 Å². The Hall–Kier alpha value is -1.97. The Morgan fingerprint density at radius 1 is 0.824 bits per heavy atom. The van der Waals surface area contributed by atoms with Gasteiger partial charge in [-0.15, -0.1) is 0 Å². The van der Waals surface area contributed by atoms with Crippen LogP contribution in [0.5, 0.6) is 11.5 Å². The molecule has 0 saturated carbocycles. The summed E-state index contributed by atoms with van der Waals surface area (Å²) in [5.74, 6) is 0.302. The Labute approximate surface area is 98.1 Å². The van der Waals surface area contributed by atoms with E-state index in [0.29, 0.717) is 22.3 Å². The van der Waals surface area contributed by atoms with Gasteiger partial charge in [0.05, 0.1) is 0 Å². The molecule has 0 spiro atoms. The average Bonchev–Trinajstić information content (AvgIpc) is 2.28. The Morgan fingerprint density at radius 2 is 1.41 bits per heavy atom. The van der Waals surface area contributed by atoms with Crippen LogP contribution >= 0.6 is 0 Å². The molecule has 1 heterocycles. The largest absolute Gasteiger partial charge is 0.507 e. The van der Waals surface area contributed by atoms with E-state index in [0.717, 1.165) is 5.56 Å². The molecule has 0 aliphatic carbocycles. The second kappa shape index (κ2) is 3.52. The minimum atomic E-state index is -0.577. The standard InChI is InChI=1S/C13H14O4/c1-5-8(4)17-13(16)10-9(5)6(2)11(14)7(3)12(10)15/h14-15H,1-4H3. The summed E-state index contributed by atoms with van der Waals surface area (Å²) in [5.41, 5.74) is 1.06. The lowest BCUT2D eigenvalue weighted by atomic mass is 9.97. The van der Waals surface area contributed by atoms with Crippen LogP contribution in [0.3, 0.4) is 0 Å². The molecule has 17 heavy (non-hydrogen) atoms. The first kappa shape index (κ1) is 11.5. The molecule has 2 N–H and O–H groups in total. The number of phenols is 2. The molecule has 0 amide bonds. The van der Waals surface area contributed by atoms with Crippen LogP contribution < -0.4 is 5.63 Å². The first-order chi connectivity index (χ1) is 7.86. The maximum atomic E-state index is 11.8. The summed E-state index contributed by atoms with van der Waals surface area (Å²) < 4.78 is 5.05. The molecule has 0 aliphatic heterocycles. The van der Waals surface area contributed by atoms with Crippen molar-refractivity contribution >= 4 is 10.8 Å². The van der Waals surface area contributed by atoms with Gasteiger partial charge in [0.25, 0.3) is 0 Å². The van der Waals surface area contributed by atoms with Gasteiger partial charge in [0, 0.05) is 10.9 Å². The van der Waals surface area contributed by atoms with Gasteiger partial charge in [-0.1, -0.05) is 0 Å². The number of hydrogen-bond donors (Lipinski definition) is 2. The molecule has 0 atom stereocenters. The lowest BCUT2D eigenvalue weighted by Gasteiger charge is -2.13. The van der Waals surface area contributed by atoms with Crippen molar-refractivity contribution in [2.45, 2.75) is 27.7 Å². The lowest BCUT2D eigenvalue weighted by Crippen LogP contribution is -2.05. The highest BCUT2D eigenvalue weighted by atomic mass is 16.4. The zero-order chi connectivity index (χ0) is 12.9. The number of rotatable bonds is 0. The van der Waals surface area contributed by atoms with Gasteiger partial charge in [-0.2, -0.15) is 0 Å². The van der Waals surface area contributed by atoms with Crippen LogP contribution in [0, 0.1) is 27.7 Å². The van der Waals surface area contributed by atoms with Gasteiger partial charge in [0.2, 0.25) is 0 Å². The maximum absolute atomic E-state index is 11.8. The van der Waals surface area contributed by atoms with Gasteiger partial charge in [0.1, 0.15) is 22.6 Å². The second-order valence-corrected chi connectivity index (χ2v) is 4.27. The van der Waals surface area contributed by atoms with Crippen molar-refractivity contribution in [3.05, 3.63) is 32.9 Å². The normalized spacial score (nSPS) is 11.1. The van der Waals surface area contributed by atoms with Crippen LogP contribution in [0.1, 0.15) is 22.5 Å². The van der Waals surface area contributed by atoms with Gasteiger partial charge in [-0.05, 0) is 38.8 Å². The lowest BCUT2D eigenvalue weighted by molar-refractivity contribution is 0.439. The molecule has 4 nitrogen and oxygen atoms in total. The Balaban J connectivity index is 3.23. The smallest absolute Gasteiger partial charge is 0.347 e. The molecule has 2 rings (SSSR count). The second-order valence-electron chi connectivity index (χ2n) is 4.27. The molecular weight excluding hydrogens is 220 g/mol. The van der Waals surface area contributed by atoms with Crippen LogP contribution in [0.2, 0.25) is 0 Å². The van der Waals surface area contributed by atoms with E-state index in [-0.39, 0.29) is 16.9 Å². The summed E-state index contributed by atoms with van der Waals surface area (Å²) in [6, 6.07) is 0. The van der Waals surface area contributed by atoms with Crippen LogP contribution in [-0.4, -0.2) is 10.2 Å². The zero-order valence-electron chi connectivity index (χ0n) is 10.2. The molecule has 1 aromatic carbocycles. The molecule has 0 radical (unpaired) electrons. The molecule has 2 aromatic rings. The summed E-state index contributed by atoms with van der Waals surface area (Å²) in [4.78, 5) is 11.8. The van der Waals surface area contributed by atoms with Gasteiger partial charge in [-0.3, -0.25) is 0 Å². The minimum Gasteiger partial charge on any atom is -0.507 e. The molecule has 0 fully saturated rings. The Kier molecular flexibility index (Phi) is 2.38. The SMILES string of the molecule is Cc1oc(=O)c2c(O)c(C)c(O)c(C)c2c1C. The van der Waals surface area contributed by atoms with E-state index < -0.39 is 5.63 Å². The fraction of sp³-hybridized carbons (Fsp3) is 0.308. The number of hydrogen-bond acceptors (Lipinski definition) is 4. The van der Waals surface area contributed by atoms with Crippen molar-refractivity contribution in [1.29, 1.82) is 0 Å². The highest BCUT2D eigenvalue weighted by Gasteiger charge is 2.19. The third kappa shape index (κ3) is 1.40. The summed E-state index contributed by atoms with van der Waals surface area (Å²) in [6.07, 6.45) is 0. The molecule has 1 aromatic heterocycles. The predicted octanol–water partition coefficient (Wildman–Crippen LogP) is 2.44. The van der Waals surface area contributed by atoms with Crippen molar-refractivity contribution in [2.24, 2.45) is 0 Å². The fourth-order valence-corrected chi connectivity index (χ4v) is 2.12. The van der Waals surface area contributed by atoms with E-state index >= 15 is 0 Å². The Bertz CT molecular complexity index is 680. The molecule has 0 bridgehead atoms. The number of aryl methyl sites for hydroxylation is 3. The maximum Gasteiger partial charge on any atom is 0.347 e. The highest BCUT2D eigenvalue weighted by Crippen LogP contribution is 2.38. The van der Waals surface area contributed by atoms with E-state index in [1.807, 2.05) is 0 Å². The monoisotopic (exact) mass is 234 g/mol. The summed E-state index contributed by atoms with van der Waals surface area (Å²) >= 11 is 0. The van der Waals surface area contributed by atoms with Gasteiger partial charge in [0.15, 0.2) is 0 Å². The van der Waals surface area contributed by atoms with Gasteiger partial charge < -0.3 is 14.6 Å². The molecule has 0 saturated heterocycles. The third-order valence-electron chi connectivity index (χ3n) is 3.28. The van der Waals surface area contributed by atoms with E-state index in [1.54, 1.807) is 27.7 Å². The number of fused-ring (bicyclic) bond motifs is 1. The number of aromatic hydroxyl groups is 2. The summed E-state index contributed by atoms with van der Waals surface area (Å²) in [5, 5.41) is 20.5. The Morgan fingerprint density at radius 3 is 2.00 bits per heavy atom. The van der Waals surface area contributed by atoms with Crippen molar-refractivity contribution in [3.63, 3.8) is 0 Å². The van der Waals surface area contributed by atoms with E-state index in [9.17, 15) is 15.0 Å². The van der Waals surface area contributed by atoms with E-state index in [2.05, 4.69) is 0 Å². The summed E-state index contributed by atoms with van der Waals surface area (Å²) in [7, 11) is 0. The fourth-order valence-electron chi connectivity index (χ4n) is 2.12. The highest BCUT2D eigenvalue weighted by molar-refractivity contribution is 5.95. The molecule has 0 unspecified atom stereocenters. The molecule has 4 heteroatoms. The minimum absolute atomic E-state index is 0.0168. The quantitative estimate of drug-likeness (QED) is 0.734. The molecule has 90 valence electrons. The van der Waals surface area contributed by atoms with Crippen molar-refractivity contribution in [2.75, 3.05) is 0 Å². The van der Waals surface area contributed by atoms with Gasteiger partial charge in [-0.25, -0.2) is 4.79 Å². The number of benzene rings is 1. The van der Waals surface area contributed by atoms with Crippen molar-refractivity contribution in [3.8, 4) is 11.5 Å². The van der Waals surface area contributed by atoms with Crippen LogP contribution in [0.4, 0.5) is 0 Å². The van der Waals surface area contributed by atoms with E-state index in [1.165, 1.54) is 0 Å². The zero-order valence-corrected chi connectivity index (χ0v) is 10.2. The number of phenolic OH excluding ortho intramolecular Hbond substituents is 2. The van der Waals surface area contributed by atoms with Crippen molar-refractivity contribution in [1.82, 2.24) is 0 Å². The van der Waals surface area contributed by atoms with Crippen LogP contribution in [-0.2, 0) is 0 Å². The van der Waals surface area contributed by atoms with E-state index in [4.69, 9.17) is 4.42 Å². The first-order valence-electron chi connectivity index (χ1n) is 5.31. The summed E-state index contributed by atoms with van der Waals surface area (Å²) in [6.45, 7) is 6.76. The molecule has 0 aliphatic rings. The molecular formula is C13H14O4. The predicted molar refractivity (Wildman–Crippen MR) is 64.8 cm³/mol. The topological polar surface area (TPSA) is 70.7 Å².